The Bertz CT molecular complexity index is 1320. The number of rotatable bonds is 6. The van der Waals surface area contributed by atoms with Crippen LogP contribution in [0.25, 0.3) is 11.0 Å². The third-order valence-corrected chi connectivity index (χ3v) is 4.72. The number of carbonyl (C=O) groups excluding carboxylic acids is 1. The number of H-pyrrole nitrogens is 1. The maximum absolute atomic E-state index is 12.2. The van der Waals surface area contributed by atoms with Gasteiger partial charge in [0.05, 0.1) is 18.1 Å². The molecule has 0 bridgehead atoms. The Morgan fingerprint density at radius 2 is 1.91 bits per heavy atom. The summed E-state index contributed by atoms with van der Waals surface area (Å²) in [6.45, 7) is 0. The molecule has 0 unspecified atom stereocenters. The van der Waals surface area contributed by atoms with Gasteiger partial charge in [0.1, 0.15) is 5.75 Å². The van der Waals surface area contributed by atoms with Crippen molar-refractivity contribution < 1.29 is 9.53 Å². The first kappa shape index (κ1) is 20.8. The minimum Gasteiger partial charge on any atom is -0.497 e. The number of fused-ring (bicyclic) bond motifs is 1. The van der Waals surface area contributed by atoms with Crippen LogP contribution in [-0.4, -0.2) is 37.1 Å². The number of aromatic nitrogens is 2. The molecule has 0 radical (unpaired) electrons. The molecule has 0 saturated carbocycles. The van der Waals surface area contributed by atoms with Gasteiger partial charge in [0, 0.05) is 37.1 Å². The summed E-state index contributed by atoms with van der Waals surface area (Å²) in [7, 11) is 5.49. The number of aromatic amines is 1. The molecule has 32 heavy (non-hydrogen) atoms. The number of ether oxygens (including phenoxy) is 1. The minimum atomic E-state index is -0.452. The lowest BCUT2D eigenvalue weighted by Crippen LogP contribution is -2.08. The maximum Gasteiger partial charge on any atom is 0.360 e. The van der Waals surface area contributed by atoms with Crippen molar-refractivity contribution in [3.05, 3.63) is 72.3 Å². The number of hydrogen-bond donors (Lipinski definition) is 2. The highest BCUT2D eigenvalue weighted by Gasteiger charge is 2.11. The highest BCUT2D eigenvalue weighted by molar-refractivity contribution is 5.94. The number of amides is 1. The molecule has 3 aromatic carbocycles. The predicted molar refractivity (Wildman–Crippen MR) is 124 cm³/mol. The standard InChI is InChI=1S/C23H21N7O2/c1-30(2)18-10-7-15(8-11-18)22(31)28-29-27-17-9-12-20-21(14-17)26-23(25-20)24-16-5-4-6-19(13-16)32-3/h4-14H,1-3H3,(H,24,26,27,28,31)/p+1. The minimum absolute atomic E-state index is 0.451. The second kappa shape index (κ2) is 9.11. The molecule has 1 amide bonds. The van der Waals surface area contributed by atoms with E-state index in [-0.39, 0.29) is 0 Å². The molecular weight excluding hydrogens is 406 g/mol. The Balaban J connectivity index is 1.48. The molecule has 4 rings (SSSR count). The fourth-order valence-electron chi connectivity index (χ4n) is 3.03. The summed E-state index contributed by atoms with van der Waals surface area (Å²) in [6, 6.07) is 20.0. The van der Waals surface area contributed by atoms with Crippen LogP contribution in [0.2, 0.25) is 0 Å². The van der Waals surface area contributed by atoms with Crippen LogP contribution in [0.4, 0.5) is 23.0 Å². The van der Waals surface area contributed by atoms with Gasteiger partial charge in [-0.05, 0) is 54.6 Å². The monoisotopic (exact) mass is 428 g/mol. The van der Waals surface area contributed by atoms with Gasteiger partial charge in [-0.2, -0.15) is 0 Å². The van der Waals surface area contributed by atoms with E-state index in [9.17, 15) is 4.79 Å². The van der Waals surface area contributed by atoms with E-state index in [2.05, 4.69) is 30.4 Å². The van der Waals surface area contributed by atoms with Gasteiger partial charge in [-0.3, -0.25) is 4.79 Å². The summed E-state index contributed by atoms with van der Waals surface area (Å²) in [5.74, 6) is 0.885. The van der Waals surface area contributed by atoms with Gasteiger partial charge in [-0.25, -0.2) is 4.98 Å². The third kappa shape index (κ3) is 4.80. The zero-order valence-electron chi connectivity index (χ0n) is 17.9. The molecule has 0 aliphatic heterocycles. The van der Waals surface area contributed by atoms with E-state index in [0.29, 0.717) is 17.2 Å². The summed E-state index contributed by atoms with van der Waals surface area (Å²) in [5, 5.41) is 10.9. The van der Waals surface area contributed by atoms with Gasteiger partial charge < -0.3 is 19.9 Å². The molecule has 0 spiro atoms. The molecule has 9 heteroatoms. The van der Waals surface area contributed by atoms with Gasteiger partial charge >= 0.3 is 5.91 Å². The fourth-order valence-corrected chi connectivity index (χ4v) is 3.03. The van der Waals surface area contributed by atoms with Crippen molar-refractivity contribution in [2.45, 2.75) is 0 Å². The second-order valence-corrected chi connectivity index (χ2v) is 7.18. The molecular formula is C23H22N7O2+. The average molecular weight is 428 g/mol. The fraction of sp³-hybridized carbons (Fsp3) is 0.130. The molecule has 0 saturated heterocycles. The highest BCUT2D eigenvalue weighted by Crippen LogP contribution is 2.24. The number of nitrogens with zero attached hydrogens (tertiary/aromatic N) is 5. The van der Waals surface area contributed by atoms with Gasteiger partial charge in [-0.15, -0.1) is 0 Å². The van der Waals surface area contributed by atoms with Crippen molar-refractivity contribution >= 4 is 40.0 Å². The van der Waals surface area contributed by atoms with Crippen molar-refractivity contribution in [3.63, 3.8) is 0 Å². The van der Waals surface area contributed by atoms with E-state index in [1.54, 1.807) is 31.4 Å². The Labute approximate surface area is 184 Å². The smallest absolute Gasteiger partial charge is 0.360 e. The summed E-state index contributed by atoms with van der Waals surface area (Å²) in [5.41, 5.74) is 4.39. The van der Waals surface area contributed by atoms with E-state index in [0.717, 1.165) is 28.2 Å². The molecule has 0 fully saturated rings. The Hall–Kier alpha value is -4.49. The van der Waals surface area contributed by atoms with E-state index in [4.69, 9.17) is 4.74 Å². The number of carbonyl (C=O) groups is 1. The lowest BCUT2D eigenvalue weighted by molar-refractivity contribution is 0.0992. The number of nitrogens with one attached hydrogen (secondary N) is 2. The van der Waals surface area contributed by atoms with Gasteiger partial charge in [0.25, 0.3) is 0 Å². The van der Waals surface area contributed by atoms with Gasteiger partial charge in [-0.1, -0.05) is 6.07 Å². The van der Waals surface area contributed by atoms with E-state index in [1.807, 2.05) is 61.5 Å². The molecule has 160 valence electrons. The van der Waals surface area contributed by atoms with Crippen molar-refractivity contribution in [1.82, 2.24) is 14.9 Å². The number of hydrogen-bond acceptors (Lipinski definition) is 6. The summed E-state index contributed by atoms with van der Waals surface area (Å²) in [6.07, 6.45) is 0. The Morgan fingerprint density at radius 1 is 1.09 bits per heavy atom. The first-order valence-electron chi connectivity index (χ1n) is 9.86. The lowest BCUT2D eigenvalue weighted by atomic mass is 10.2. The second-order valence-electron chi connectivity index (χ2n) is 7.18. The van der Waals surface area contributed by atoms with Crippen LogP contribution in [0, 0.1) is 0 Å². The van der Waals surface area contributed by atoms with Gasteiger partial charge in [0.2, 0.25) is 16.0 Å². The number of benzene rings is 3. The van der Waals surface area contributed by atoms with Crippen LogP contribution in [-0.2, 0) is 0 Å². The normalized spacial score (nSPS) is 10.3. The SMILES string of the molecule is COc1cccc(Nc2nc3ccc(N=[N+]=NC(=O)c4ccc(N(C)C)cc4)cc3[nH]2)c1. The number of anilines is 3. The number of methoxy groups -OCH3 is 1. The maximum atomic E-state index is 12.2. The quantitative estimate of drug-likeness (QED) is 0.338. The van der Waals surface area contributed by atoms with Crippen molar-refractivity contribution in [3.8, 4) is 5.75 Å². The molecule has 4 aromatic rings. The summed E-state index contributed by atoms with van der Waals surface area (Å²) >= 11 is 0. The Kier molecular flexibility index (Phi) is 5.91. The molecule has 0 aliphatic rings. The molecule has 9 nitrogen and oxygen atoms in total. The first-order chi connectivity index (χ1) is 15.5. The topological polar surface area (TPSA) is 109 Å². The predicted octanol–water partition coefficient (Wildman–Crippen LogP) is 4.82. The molecule has 0 atom stereocenters. The van der Waals surface area contributed by atoms with Crippen LogP contribution < -0.4 is 19.9 Å². The average Bonchev–Trinajstić information content (AvgIpc) is 3.20. The zero-order chi connectivity index (χ0) is 22.5. The van der Waals surface area contributed by atoms with Crippen molar-refractivity contribution in [2.24, 2.45) is 10.2 Å². The summed E-state index contributed by atoms with van der Waals surface area (Å²) < 4.78 is 5.24. The van der Waals surface area contributed by atoms with Crippen LogP contribution >= 0.6 is 0 Å². The van der Waals surface area contributed by atoms with Crippen LogP contribution in [0.3, 0.4) is 0 Å². The molecule has 0 aliphatic carbocycles. The summed E-state index contributed by atoms with van der Waals surface area (Å²) in [4.78, 5) is 25.5. The van der Waals surface area contributed by atoms with Crippen LogP contribution in [0.1, 0.15) is 10.4 Å². The Morgan fingerprint density at radius 3 is 2.66 bits per heavy atom. The third-order valence-electron chi connectivity index (χ3n) is 4.72. The van der Waals surface area contributed by atoms with Gasteiger partial charge in [0.15, 0.2) is 10.8 Å². The van der Waals surface area contributed by atoms with Crippen LogP contribution in [0.5, 0.6) is 5.75 Å². The molecule has 1 aromatic heterocycles. The largest absolute Gasteiger partial charge is 0.497 e. The molecule has 1 heterocycles. The number of imidazole rings is 1. The molecule has 2 N–H and O–H groups in total. The van der Waals surface area contributed by atoms with Crippen molar-refractivity contribution in [2.75, 3.05) is 31.4 Å². The van der Waals surface area contributed by atoms with E-state index < -0.39 is 5.91 Å². The zero-order valence-corrected chi connectivity index (χ0v) is 17.9. The highest BCUT2D eigenvalue weighted by atomic mass is 16.5. The van der Waals surface area contributed by atoms with E-state index >= 15 is 0 Å². The van der Waals surface area contributed by atoms with E-state index in [1.165, 1.54) is 0 Å². The van der Waals surface area contributed by atoms with Crippen LogP contribution in [0.15, 0.2) is 77.0 Å². The first-order valence-corrected chi connectivity index (χ1v) is 9.86. The lowest BCUT2D eigenvalue weighted by Gasteiger charge is -2.11. The van der Waals surface area contributed by atoms with Crippen molar-refractivity contribution in [1.29, 1.82) is 0 Å².